The van der Waals surface area contributed by atoms with Crippen molar-refractivity contribution >= 4 is 22.6 Å². The van der Waals surface area contributed by atoms with Crippen molar-refractivity contribution in [3.8, 4) is 0 Å². The van der Waals surface area contributed by atoms with Crippen molar-refractivity contribution in [2.24, 2.45) is 0 Å². The van der Waals surface area contributed by atoms with Crippen molar-refractivity contribution in [2.45, 2.75) is 6.54 Å². The molecule has 22 heavy (non-hydrogen) atoms. The predicted octanol–water partition coefficient (Wildman–Crippen LogP) is 0.931. The normalized spacial score (nSPS) is 11.1. The molecule has 4 aromatic rings. The summed E-state index contributed by atoms with van der Waals surface area (Å²) in [5, 5.41) is 14.8. The highest BCUT2D eigenvalue weighted by atomic mass is 16.1. The number of nitrogens with zero attached hydrogens (tertiary/aromatic N) is 5. The molecule has 0 saturated carbocycles. The van der Waals surface area contributed by atoms with Crippen LogP contribution in [0.2, 0.25) is 0 Å². The molecular weight excluding hydrogens is 282 g/mol. The summed E-state index contributed by atoms with van der Waals surface area (Å²) in [6.45, 7) is 0.322. The number of aromatic amines is 1. The molecule has 4 rings (SSSR count). The lowest BCUT2D eigenvalue weighted by molar-refractivity contribution is 0.0945. The van der Waals surface area contributed by atoms with Crippen molar-refractivity contribution in [2.75, 3.05) is 0 Å². The third-order valence-corrected chi connectivity index (χ3v) is 3.30. The Morgan fingerprint density at radius 1 is 1.27 bits per heavy atom. The first kappa shape index (κ1) is 12.5. The minimum absolute atomic E-state index is 0.267. The van der Waals surface area contributed by atoms with Gasteiger partial charge in [0.05, 0.1) is 12.2 Å². The van der Waals surface area contributed by atoms with E-state index in [4.69, 9.17) is 0 Å². The summed E-state index contributed by atoms with van der Waals surface area (Å²) in [5.41, 5.74) is 2.38. The van der Waals surface area contributed by atoms with Crippen LogP contribution >= 0.6 is 0 Å². The quantitative estimate of drug-likeness (QED) is 0.585. The van der Waals surface area contributed by atoms with Gasteiger partial charge in [-0.3, -0.25) is 9.89 Å². The number of hydrogen-bond acceptors (Lipinski definition) is 5. The van der Waals surface area contributed by atoms with Gasteiger partial charge in [-0.2, -0.15) is 10.2 Å². The van der Waals surface area contributed by atoms with Crippen molar-refractivity contribution in [3.63, 3.8) is 0 Å². The molecule has 2 N–H and O–H groups in total. The van der Waals surface area contributed by atoms with Crippen LogP contribution in [-0.2, 0) is 6.54 Å². The molecule has 108 valence electrons. The summed E-state index contributed by atoms with van der Waals surface area (Å²) in [6, 6.07) is 7.13. The summed E-state index contributed by atoms with van der Waals surface area (Å²) < 4.78 is 1.56. The number of fused-ring (bicyclic) bond motifs is 2. The lowest BCUT2D eigenvalue weighted by Crippen LogP contribution is -2.23. The number of nitrogens with one attached hydrogen (secondary N) is 2. The van der Waals surface area contributed by atoms with Crippen LogP contribution in [0.15, 0.2) is 42.9 Å². The Bertz CT molecular complexity index is 938. The van der Waals surface area contributed by atoms with Gasteiger partial charge in [-0.15, -0.1) is 0 Å². The van der Waals surface area contributed by atoms with Crippen LogP contribution in [0.3, 0.4) is 0 Å². The molecule has 0 aliphatic carbocycles. The largest absolute Gasteiger partial charge is 0.345 e. The van der Waals surface area contributed by atoms with Gasteiger partial charge in [0.2, 0.25) is 0 Å². The maximum Gasteiger partial charge on any atom is 0.272 e. The Balaban J connectivity index is 1.54. The van der Waals surface area contributed by atoms with E-state index in [0.29, 0.717) is 23.5 Å². The first-order valence-electron chi connectivity index (χ1n) is 6.68. The molecule has 4 heterocycles. The molecule has 0 aliphatic heterocycles. The number of amides is 1. The molecule has 0 spiro atoms. The lowest BCUT2D eigenvalue weighted by atomic mass is 10.2. The third kappa shape index (κ3) is 2.06. The number of rotatable bonds is 3. The topological polar surface area (TPSA) is 101 Å². The molecule has 0 unspecified atom stereocenters. The molecule has 8 heteroatoms. The Hall–Kier alpha value is -3.29. The van der Waals surface area contributed by atoms with E-state index >= 15 is 0 Å². The fraction of sp³-hybridized carbons (Fsp3) is 0.0714. The minimum Gasteiger partial charge on any atom is -0.345 e. The number of H-pyrrole nitrogens is 1. The molecular formula is C14H11N7O. The standard InChI is InChI=1S/C14H11N7O/c22-14(10-7-12-15-5-2-6-21(12)20-10)17-8-11-9-3-1-4-16-13(9)19-18-11/h1-7H,8H2,(H,17,22)(H,16,18,19). The molecule has 0 fully saturated rings. The Morgan fingerprint density at radius 3 is 3.09 bits per heavy atom. The minimum atomic E-state index is -0.267. The molecule has 0 saturated heterocycles. The summed E-state index contributed by atoms with van der Waals surface area (Å²) in [6.07, 6.45) is 5.07. The number of carbonyl (C=O) groups is 1. The maximum atomic E-state index is 12.2. The van der Waals surface area contributed by atoms with Crippen molar-refractivity contribution in [3.05, 3.63) is 54.2 Å². The van der Waals surface area contributed by atoms with E-state index < -0.39 is 0 Å². The zero-order valence-corrected chi connectivity index (χ0v) is 11.4. The fourth-order valence-electron chi connectivity index (χ4n) is 2.24. The SMILES string of the molecule is O=C(NCc1[nH]nc2ncccc12)c1cc2ncccn2n1. The molecule has 0 aliphatic rings. The zero-order valence-electron chi connectivity index (χ0n) is 11.4. The number of pyridine rings is 1. The average Bonchev–Trinajstić information content (AvgIpc) is 3.16. The van der Waals surface area contributed by atoms with E-state index in [9.17, 15) is 4.79 Å². The van der Waals surface area contributed by atoms with E-state index in [0.717, 1.165) is 11.1 Å². The Morgan fingerprint density at radius 2 is 2.18 bits per heavy atom. The van der Waals surface area contributed by atoms with Gasteiger partial charge in [0, 0.05) is 30.0 Å². The van der Waals surface area contributed by atoms with Crippen LogP contribution in [0.4, 0.5) is 0 Å². The first-order valence-corrected chi connectivity index (χ1v) is 6.68. The van der Waals surface area contributed by atoms with Crippen LogP contribution < -0.4 is 5.32 Å². The maximum absolute atomic E-state index is 12.2. The molecule has 4 aromatic heterocycles. The van der Waals surface area contributed by atoms with Crippen LogP contribution in [0.1, 0.15) is 16.2 Å². The van der Waals surface area contributed by atoms with Gasteiger partial charge < -0.3 is 5.32 Å². The average molecular weight is 293 g/mol. The Labute approximate surface area is 124 Å². The number of aromatic nitrogens is 6. The van der Waals surface area contributed by atoms with Gasteiger partial charge in [0.1, 0.15) is 0 Å². The van der Waals surface area contributed by atoms with Crippen LogP contribution in [0.25, 0.3) is 16.7 Å². The van der Waals surface area contributed by atoms with Crippen molar-refractivity contribution < 1.29 is 4.79 Å². The second-order valence-corrected chi connectivity index (χ2v) is 4.71. The van der Waals surface area contributed by atoms with E-state index in [1.165, 1.54) is 0 Å². The van der Waals surface area contributed by atoms with Crippen LogP contribution in [0.5, 0.6) is 0 Å². The number of hydrogen-bond donors (Lipinski definition) is 2. The monoisotopic (exact) mass is 293 g/mol. The summed E-state index contributed by atoms with van der Waals surface area (Å²) in [4.78, 5) is 20.4. The molecule has 8 nitrogen and oxygen atoms in total. The molecule has 0 atom stereocenters. The van der Waals surface area contributed by atoms with E-state index in [1.807, 2.05) is 12.1 Å². The molecule has 0 bridgehead atoms. The summed E-state index contributed by atoms with van der Waals surface area (Å²) in [7, 11) is 0. The number of carbonyl (C=O) groups excluding carboxylic acids is 1. The Kier molecular flexibility index (Phi) is 2.78. The van der Waals surface area contributed by atoms with Crippen molar-refractivity contribution in [1.29, 1.82) is 0 Å². The van der Waals surface area contributed by atoms with Gasteiger partial charge >= 0.3 is 0 Å². The predicted molar refractivity (Wildman–Crippen MR) is 78.0 cm³/mol. The second-order valence-electron chi connectivity index (χ2n) is 4.71. The fourth-order valence-corrected chi connectivity index (χ4v) is 2.24. The lowest BCUT2D eigenvalue weighted by Gasteiger charge is -2.01. The summed E-state index contributed by atoms with van der Waals surface area (Å²) >= 11 is 0. The van der Waals surface area contributed by atoms with Gasteiger partial charge in [0.25, 0.3) is 5.91 Å². The smallest absolute Gasteiger partial charge is 0.272 e. The van der Waals surface area contributed by atoms with Gasteiger partial charge in [-0.1, -0.05) is 0 Å². The second kappa shape index (κ2) is 4.92. The highest BCUT2D eigenvalue weighted by Crippen LogP contribution is 2.12. The third-order valence-electron chi connectivity index (χ3n) is 3.30. The van der Waals surface area contributed by atoms with Gasteiger partial charge in [0.15, 0.2) is 17.0 Å². The highest BCUT2D eigenvalue weighted by Gasteiger charge is 2.12. The molecule has 0 aromatic carbocycles. The van der Waals surface area contributed by atoms with Gasteiger partial charge in [-0.05, 0) is 18.2 Å². The zero-order chi connectivity index (χ0) is 14.9. The highest BCUT2D eigenvalue weighted by molar-refractivity contribution is 5.93. The van der Waals surface area contributed by atoms with Crippen LogP contribution in [-0.4, -0.2) is 35.7 Å². The van der Waals surface area contributed by atoms with Gasteiger partial charge in [-0.25, -0.2) is 14.5 Å². The van der Waals surface area contributed by atoms with Crippen LogP contribution in [0, 0.1) is 0 Å². The van der Waals surface area contributed by atoms with Crippen molar-refractivity contribution in [1.82, 2.24) is 35.1 Å². The van der Waals surface area contributed by atoms with E-state index in [-0.39, 0.29) is 5.91 Å². The molecule has 0 radical (unpaired) electrons. The van der Waals surface area contributed by atoms with E-state index in [1.54, 1.807) is 35.2 Å². The van der Waals surface area contributed by atoms with E-state index in [2.05, 4.69) is 30.6 Å². The first-order chi connectivity index (χ1) is 10.8. The molecule has 1 amide bonds. The summed E-state index contributed by atoms with van der Waals surface area (Å²) in [5.74, 6) is -0.267.